The van der Waals surface area contributed by atoms with E-state index in [2.05, 4.69) is 36.5 Å². The van der Waals surface area contributed by atoms with Gasteiger partial charge in [0.15, 0.2) is 0 Å². The molecule has 0 heterocycles. The molecule has 3 aromatic rings. The van der Waals surface area contributed by atoms with E-state index >= 15 is 0 Å². The molecule has 3 rings (SSSR count). The highest BCUT2D eigenvalue weighted by Crippen LogP contribution is 2.26. The summed E-state index contributed by atoms with van der Waals surface area (Å²) in [7, 11) is -2.42. The largest absolute Gasteiger partial charge is 0.497 e. The Kier molecular flexibility index (Phi) is 9.42. The second-order valence-electron chi connectivity index (χ2n) is 7.77. The molecule has 0 saturated carbocycles. The highest BCUT2D eigenvalue weighted by atomic mass is 32.2. The number of amides is 1. The number of benzene rings is 3. The van der Waals surface area contributed by atoms with Crippen molar-refractivity contribution in [1.82, 2.24) is 5.32 Å². The van der Waals surface area contributed by atoms with Crippen molar-refractivity contribution in [3.63, 3.8) is 0 Å². The molecular weight excluding hydrogens is 468 g/mol. The van der Waals surface area contributed by atoms with Crippen molar-refractivity contribution in [3.05, 3.63) is 90.0 Å². The second kappa shape index (κ2) is 12.5. The van der Waals surface area contributed by atoms with Crippen molar-refractivity contribution in [2.45, 2.75) is 24.0 Å². The molecular formula is C26H30N2O4S2. The molecule has 0 fully saturated rings. The molecule has 0 aliphatic heterocycles. The van der Waals surface area contributed by atoms with Gasteiger partial charge in [-0.1, -0.05) is 54.1 Å². The normalized spacial score (nSPS) is 11.1. The number of thioether (sulfide) groups is 1. The molecule has 0 saturated heterocycles. The number of nitrogens with one attached hydrogen (secondary N) is 1. The van der Waals surface area contributed by atoms with Gasteiger partial charge in [-0.15, -0.1) is 0 Å². The number of carbonyl (C=O) groups is 1. The van der Waals surface area contributed by atoms with Crippen LogP contribution in [-0.2, 0) is 20.6 Å². The third-order valence-electron chi connectivity index (χ3n) is 5.14. The summed E-state index contributed by atoms with van der Waals surface area (Å²) >= 11 is 1.81. The van der Waals surface area contributed by atoms with Crippen molar-refractivity contribution in [2.24, 2.45) is 0 Å². The summed E-state index contributed by atoms with van der Waals surface area (Å²) in [6.07, 6.45) is 0.798. The average molecular weight is 499 g/mol. The topological polar surface area (TPSA) is 75.7 Å². The van der Waals surface area contributed by atoms with Crippen molar-refractivity contribution in [3.8, 4) is 5.75 Å². The van der Waals surface area contributed by atoms with Crippen LogP contribution in [0, 0.1) is 6.92 Å². The van der Waals surface area contributed by atoms with Gasteiger partial charge < -0.3 is 10.1 Å². The zero-order valence-electron chi connectivity index (χ0n) is 19.4. The first kappa shape index (κ1) is 25.6. The SMILES string of the molecule is COc1cccc(N(CC(=O)NCCCSCc2ccc(C)cc2)S(=O)(=O)c2ccccc2)c1. The van der Waals surface area contributed by atoms with E-state index in [1.165, 1.54) is 30.4 Å². The van der Waals surface area contributed by atoms with Crippen molar-refractivity contribution in [1.29, 1.82) is 0 Å². The fraction of sp³-hybridized carbons (Fsp3) is 0.269. The number of sulfonamides is 1. The molecule has 34 heavy (non-hydrogen) atoms. The molecule has 0 bridgehead atoms. The smallest absolute Gasteiger partial charge is 0.264 e. The first-order valence-corrected chi connectivity index (χ1v) is 13.6. The summed E-state index contributed by atoms with van der Waals surface area (Å²) in [4.78, 5) is 12.8. The van der Waals surface area contributed by atoms with Crippen LogP contribution >= 0.6 is 11.8 Å². The van der Waals surface area contributed by atoms with Gasteiger partial charge in [0.1, 0.15) is 12.3 Å². The number of hydrogen-bond acceptors (Lipinski definition) is 5. The number of nitrogens with zero attached hydrogens (tertiary/aromatic N) is 1. The van der Waals surface area contributed by atoms with Gasteiger partial charge in [-0.2, -0.15) is 11.8 Å². The van der Waals surface area contributed by atoms with Gasteiger partial charge in [0.05, 0.1) is 17.7 Å². The van der Waals surface area contributed by atoms with Crippen molar-refractivity contribution < 1.29 is 17.9 Å². The third-order valence-corrected chi connectivity index (χ3v) is 8.04. The lowest BCUT2D eigenvalue weighted by molar-refractivity contribution is -0.119. The summed E-state index contributed by atoms with van der Waals surface area (Å²) in [6, 6.07) is 23.3. The molecule has 8 heteroatoms. The number of ether oxygens (including phenoxy) is 1. The number of carbonyl (C=O) groups excluding carboxylic acids is 1. The Morgan fingerprint density at radius 1 is 1.00 bits per heavy atom. The van der Waals surface area contributed by atoms with Crippen LogP contribution in [0.15, 0.2) is 83.8 Å². The molecule has 0 aliphatic carbocycles. The van der Waals surface area contributed by atoms with Crippen LogP contribution in [0.4, 0.5) is 5.69 Å². The predicted molar refractivity (Wildman–Crippen MR) is 139 cm³/mol. The monoisotopic (exact) mass is 498 g/mol. The molecule has 0 atom stereocenters. The zero-order valence-corrected chi connectivity index (χ0v) is 21.1. The van der Waals surface area contributed by atoms with Crippen LogP contribution < -0.4 is 14.4 Å². The quantitative estimate of drug-likeness (QED) is 0.368. The van der Waals surface area contributed by atoms with Crippen LogP contribution in [-0.4, -0.2) is 40.3 Å². The van der Waals surface area contributed by atoms with Gasteiger partial charge in [-0.3, -0.25) is 9.10 Å². The Morgan fingerprint density at radius 3 is 2.44 bits per heavy atom. The van der Waals surface area contributed by atoms with Gasteiger partial charge in [-0.25, -0.2) is 8.42 Å². The minimum absolute atomic E-state index is 0.123. The fourth-order valence-corrected chi connectivity index (χ4v) is 5.62. The Bertz CT molecular complexity index is 1170. The van der Waals surface area contributed by atoms with Crippen LogP contribution in [0.1, 0.15) is 17.5 Å². The van der Waals surface area contributed by atoms with Crippen molar-refractivity contribution in [2.75, 3.05) is 30.3 Å². The van der Waals surface area contributed by atoms with Gasteiger partial charge in [-0.05, 0) is 48.9 Å². The van der Waals surface area contributed by atoms with E-state index in [0.717, 1.165) is 22.2 Å². The minimum Gasteiger partial charge on any atom is -0.497 e. The van der Waals surface area contributed by atoms with E-state index in [1.54, 1.807) is 42.5 Å². The Hall–Kier alpha value is -2.97. The van der Waals surface area contributed by atoms with E-state index in [9.17, 15) is 13.2 Å². The van der Waals surface area contributed by atoms with E-state index in [-0.39, 0.29) is 17.3 Å². The molecule has 0 spiro atoms. The summed E-state index contributed by atoms with van der Waals surface area (Å²) in [5.74, 6) is 1.98. The van der Waals surface area contributed by atoms with Gasteiger partial charge >= 0.3 is 0 Å². The van der Waals surface area contributed by atoms with E-state index in [4.69, 9.17) is 4.74 Å². The van der Waals surface area contributed by atoms with Gasteiger partial charge in [0.2, 0.25) is 5.91 Å². The number of hydrogen-bond donors (Lipinski definition) is 1. The maximum Gasteiger partial charge on any atom is 0.264 e. The predicted octanol–water partition coefficient (Wildman–Crippen LogP) is 4.64. The highest BCUT2D eigenvalue weighted by Gasteiger charge is 2.27. The first-order valence-electron chi connectivity index (χ1n) is 11.0. The lowest BCUT2D eigenvalue weighted by Crippen LogP contribution is -2.41. The molecule has 3 aromatic carbocycles. The number of rotatable bonds is 12. The van der Waals surface area contributed by atoms with E-state index in [0.29, 0.717) is 18.0 Å². The van der Waals surface area contributed by atoms with Crippen LogP contribution in [0.2, 0.25) is 0 Å². The van der Waals surface area contributed by atoms with E-state index in [1.807, 2.05) is 11.8 Å². The summed E-state index contributed by atoms with van der Waals surface area (Å²) in [6.45, 7) is 2.23. The summed E-state index contributed by atoms with van der Waals surface area (Å²) in [5.41, 5.74) is 2.89. The third kappa shape index (κ3) is 7.27. The molecule has 1 amide bonds. The highest BCUT2D eigenvalue weighted by molar-refractivity contribution is 7.98. The molecule has 0 aromatic heterocycles. The molecule has 0 aliphatic rings. The summed E-state index contributed by atoms with van der Waals surface area (Å²) < 4.78 is 33.0. The van der Waals surface area contributed by atoms with Gasteiger partial charge in [0.25, 0.3) is 10.0 Å². The minimum atomic E-state index is -3.93. The standard InChI is InChI=1S/C26H30N2O4S2/c1-21-12-14-22(15-13-21)20-33-17-7-16-27-26(29)19-28(23-8-6-9-24(18-23)32-2)34(30,31)25-10-4-3-5-11-25/h3-6,8-15,18H,7,16-17,19-20H2,1-2H3,(H,27,29). The molecule has 0 radical (unpaired) electrons. The first-order chi connectivity index (χ1) is 16.4. The van der Waals surface area contributed by atoms with Crippen LogP contribution in [0.3, 0.4) is 0 Å². The maximum absolute atomic E-state index is 13.3. The fourth-order valence-electron chi connectivity index (χ4n) is 3.26. The van der Waals surface area contributed by atoms with Crippen molar-refractivity contribution >= 4 is 33.4 Å². The lowest BCUT2D eigenvalue weighted by atomic mass is 10.2. The second-order valence-corrected chi connectivity index (χ2v) is 10.7. The molecule has 6 nitrogen and oxygen atoms in total. The number of anilines is 1. The molecule has 1 N–H and O–H groups in total. The summed E-state index contributed by atoms with van der Waals surface area (Å²) in [5, 5.41) is 2.85. The van der Waals surface area contributed by atoms with Crippen LogP contribution in [0.25, 0.3) is 0 Å². The molecule has 0 unspecified atom stereocenters. The maximum atomic E-state index is 13.3. The lowest BCUT2D eigenvalue weighted by Gasteiger charge is -2.24. The average Bonchev–Trinajstić information content (AvgIpc) is 2.86. The van der Waals surface area contributed by atoms with Gasteiger partial charge in [0, 0.05) is 18.4 Å². The van der Waals surface area contributed by atoms with Crippen LogP contribution in [0.5, 0.6) is 5.75 Å². The zero-order chi connectivity index (χ0) is 24.4. The molecule has 180 valence electrons. The Labute approximate surface area is 206 Å². The van der Waals surface area contributed by atoms with E-state index < -0.39 is 10.0 Å². The Morgan fingerprint density at radius 2 is 1.74 bits per heavy atom. The number of aryl methyl sites for hydroxylation is 1. The Balaban J connectivity index is 1.58. The number of methoxy groups -OCH3 is 1.